The number of fused-ring (bicyclic) bond motifs is 3. The van der Waals surface area contributed by atoms with Crippen LogP contribution in [0.4, 0.5) is 0 Å². The van der Waals surface area contributed by atoms with E-state index < -0.39 is 18.1 Å². The Hall–Kier alpha value is -3.48. The third-order valence-electron chi connectivity index (χ3n) is 5.55. The molecule has 0 saturated heterocycles. The van der Waals surface area contributed by atoms with Crippen molar-refractivity contribution in [2.75, 3.05) is 0 Å². The Balaban J connectivity index is 1.56. The van der Waals surface area contributed by atoms with Gasteiger partial charge in [-0.2, -0.15) is 0 Å². The lowest BCUT2D eigenvalue weighted by molar-refractivity contribution is -0.132. The number of carbonyl (C=O) groups excluding carboxylic acids is 2. The molecule has 4 rings (SSSR count). The Morgan fingerprint density at radius 1 is 0.867 bits per heavy atom. The van der Waals surface area contributed by atoms with Gasteiger partial charge in [0.25, 0.3) is 5.91 Å². The van der Waals surface area contributed by atoms with Crippen molar-refractivity contribution in [3.8, 4) is 11.1 Å². The summed E-state index contributed by atoms with van der Waals surface area (Å²) >= 11 is 0. The molecule has 3 aromatic rings. The number of hydrogen-bond acceptors (Lipinski definition) is 4. The van der Waals surface area contributed by atoms with Gasteiger partial charge in [0.2, 0.25) is 5.91 Å². The quantitative estimate of drug-likeness (QED) is 0.289. The first kappa shape index (κ1) is 19.8. The van der Waals surface area contributed by atoms with E-state index >= 15 is 0 Å². The van der Waals surface area contributed by atoms with E-state index in [1.54, 1.807) is 24.3 Å². The van der Waals surface area contributed by atoms with Crippen molar-refractivity contribution in [1.82, 2.24) is 10.7 Å². The first-order valence-corrected chi connectivity index (χ1v) is 9.81. The number of nitrogens with one attached hydrogen (secondary N) is 2. The topological polar surface area (TPSA) is 104 Å². The van der Waals surface area contributed by atoms with Gasteiger partial charge < -0.3 is 10.4 Å². The average molecular weight is 401 g/mol. The highest BCUT2D eigenvalue weighted by atomic mass is 16.3. The van der Waals surface area contributed by atoms with Gasteiger partial charge in [0.15, 0.2) is 0 Å². The van der Waals surface area contributed by atoms with Crippen LogP contribution in [-0.4, -0.2) is 23.0 Å². The Bertz CT molecular complexity index is 1020. The molecular weight excluding hydrogens is 378 g/mol. The second-order valence-electron chi connectivity index (χ2n) is 7.34. The number of nitrogens with two attached hydrogens (primary N) is 1. The zero-order chi connectivity index (χ0) is 21.1. The van der Waals surface area contributed by atoms with Gasteiger partial charge in [-0.05, 0) is 27.8 Å². The molecule has 0 saturated carbocycles. The fraction of sp³-hybridized carbons (Fsp3) is 0.167. The van der Waals surface area contributed by atoms with Crippen molar-refractivity contribution in [1.29, 1.82) is 0 Å². The number of hydrogen-bond donors (Lipinski definition) is 4. The maximum absolute atomic E-state index is 12.9. The molecule has 0 spiro atoms. The van der Waals surface area contributed by atoms with E-state index in [2.05, 4.69) is 17.4 Å². The number of amides is 2. The fourth-order valence-electron chi connectivity index (χ4n) is 4.12. The summed E-state index contributed by atoms with van der Waals surface area (Å²) in [4.78, 5) is 25.2. The SMILES string of the molecule is NNC(=O)[C@H](NC(=O)CC1c2ccccc2-c2ccccc21)[C@H](O)c1ccccc1. The van der Waals surface area contributed by atoms with Crippen LogP contribution < -0.4 is 16.6 Å². The largest absolute Gasteiger partial charge is 0.386 e. The summed E-state index contributed by atoms with van der Waals surface area (Å²) in [5.41, 5.74) is 6.94. The smallest absolute Gasteiger partial charge is 0.259 e. The third-order valence-corrected chi connectivity index (χ3v) is 5.55. The number of hydrazine groups is 1. The standard InChI is InChI=1S/C24H23N3O3/c25-27-24(30)22(23(29)15-8-2-1-3-9-15)26-21(28)14-20-18-12-6-4-10-16(18)17-11-5-7-13-19(17)20/h1-13,20,22-23,29H,14,25H2,(H,26,28)(H,27,30)/t22-,23-/m1/s1. The minimum Gasteiger partial charge on any atom is -0.386 e. The summed E-state index contributed by atoms with van der Waals surface area (Å²) in [6, 6.07) is 23.5. The molecule has 1 aliphatic rings. The van der Waals surface area contributed by atoms with E-state index in [1.165, 1.54) is 0 Å². The molecule has 1 aliphatic carbocycles. The predicted molar refractivity (Wildman–Crippen MR) is 114 cm³/mol. The molecule has 0 radical (unpaired) electrons. The fourth-order valence-corrected chi connectivity index (χ4v) is 4.12. The van der Waals surface area contributed by atoms with Gasteiger partial charge in [0.1, 0.15) is 12.1 Å². The van der Waals surface area contributed by atoms with Crippen LogP contribution in [0.25, 0.3) is 11.1 Å². The highest BCUT2D eigenvalue weighted by Crippen LogP contribution is 2.46. The molecule has 0 heterocycles. The molecule has 6 nitrogen and oxygen atoms in total. The molecule has 0 fully saturated rings. The van der Waals surface area contributed by atoms with Crippen molar-refractivity contribution in [2.24, 2.45) is 5.84 Å². The number of carbonyl (C=O) groups is 2. The lowest BCUT2D eigenvalue weighted by Crippen LogP contribution is -2.52. The highest BCUT2D eigenvalue weighted by Gasteiger charge is 2.33. The lowest BCUT2D eigenvalue weighted by Gasteiger charge is -2.24. The molecule has 30 heavy (non-hydrogen) atoms. The van der Waals surface area contributed by atoms with Gasteiger partial charge >= 0.3 is 0 Å². The predicted octanol–water partition coefficient (Wildman–Crippen LogP) is 2.40. The van der Waals surface area contributed by atoms with Crippen LogP contribution in [-0.2, 0) is 9.59 Å². The van der Waals surface area contributed by atoms with Gasteiger partial charge in [0.05, 0.1) is 0 Å². The maximum atomic E-state index is 12.9. The van der Waals surface area contributed by atoms with Crippen LogP contribution in [0.1, 0.15) is 35.1 Å². The van der Waals surface area contributed by atoms with Crippen molar-refractivity contribution in [2.45, 2.75) is 24.5 Å². The van der Waals surface area contributed by atoms with Crippen molar-refractivity contribution < 1.29 is 14.7 Å². The van der Waals surface area contributed by atoms with Crippen LogP contribution in [0, 0.1) is 0 Å². The Labute approximate surface area is 174 Å². The number of aliphatic hydroxyl groups is 1. The molecule has 0 aliphatic heterocycles. The minimum absolute atomic E-state index is 0.118. The first-order valence-electron chi connectivity index (χ1n) is 9.81. The van der Waals surface area contributed by atoms with Gasteiger partial charge in [-0.1, -0.05) is 78.9 Å². The zero-order valence-electron chi connectivity index (χ0n) is 16.3. The molecular formula is C24H23N3O3. The first-order chi connectivity index (χ1) is 14.6. The molecule has 152 valence electrons. The van der Waals surface area contributed by atoms with E-state index in [0.29, 0.717) is 5.56 Å². The molecule has 6 heteroatoms. The Morgan fingerprint density at radius 3 is 1.97 bits per heavy atom. The highest BCUT2D eigenvalue weighted by molar-refractivity contribution is 5.89. The zero-order valence-corrected chi connectivity index (χ0v) is 16.3. The van der Waals surface area contributed by atoms with E-state index in [0.717, 1.165) is 22.3 Å². The van der Waals surface area contributed by atoms with Crippen LogP contribution in [0.15, 0.2) is 78.9 Å². The second-order valence-corrected chi connectivity index (χ2v) is 7.34. The van der Waals surface area contributed by atoms with E-state index in [-0.39, 0.29) is 18.2 Å². The van der Waals surface area contributed by atoms with Crippen molar-refractivity contribution in [3.05, 3.63) is 95.6 Å². The molecule has 5 N–H and O–H groups in total. The Morgan fingerprint density at radius 2 is 1.40 bits per heavy atom. The monoisotopic (exact) mass is 401 g/mol. The maximum Gasteiger partial charge on any atom is 0.259 e. The number of aliphatic hydroxyl groups excluding tert-OH is 1. The third kappa shape index (κ3) is 3.70. The summed E-state index contributed by atoms with van der Waals surface area (Å²) in [5, 5.41) is 13.3. The minimum atomic E-state index is -1.22. The van der Waals surface area contributed by atoms with Crippen LogP contribution in [0.5, 0.6) is 0 Å². The second kappa shape index (κ2) is 8.49. The van der Waals surface area contributed by atoms with E-state index in [4.69, 9.17) is 5.84 Å². The van der Waals surface area contributed by atoms with Crippen molar-refractivity contribution in [3.63, 3.8) is 0 Å². The normalized spacial score (nSPS) is 14.3. The summed E-state index contributed by atoms with van der Waals surface area (Å²) < 4.78 is 0. The van der Waals surface area contributed by atoms with Gasteiger partial charge in [0, 0.05) is 12.3 Å². The van der Waals surface area contributed by atoms with Gasteiger partial charge in [-0.3, -0.25) is 15.0 Å². The van der Waals surface area contributed by atoms with Crippen molar-refractivity contribution >= 4 is 11.8 Å². The summed E-state index contributed by atoms with van der Waals surface area (Å²) in [7, 11) is 0. The molecule has 0 bridgehead atoms. The molecule has 3 aromatic carbocycles. The summed E-state index contributed by atoms with van der Waals surface area (Å²) in [6.07, 6.45) is -1.06. The van der Waals surface area contributed by atoms with Gasteiger partial charge in [-0.25, -0.2) is 5.84 Å². The number of benzene rings is 3. The lowest BCUT2D eigenvalue weighted by atomic mass is 9.93. The number of rotatable bonds is 6. The summed E-state index contributed by atoms with van der Waals surface area (Å²) in [5.74, 6) is 4.18. The van der Waals surface area contributed by atoms with Crippen LogP contribution in [0.3, 0.4) is 0 Å². The molecule has 2 atom stereocenters. The summed E-state index contributed by atoms with van der Waals surface area (Å²) in [6.45, 7) is 0. The molecule has 2 amide bonds. The Kier molecular flexibility index (Phi) is 5.61. The average Bonchev–Trinajstić information content (AvgIpc) is 3.11. The van der Waals surface area contributed by atoms with E-state index in [9.17, 15) is 14.7 Å². The van der Waals surface area contributed by atoms with E-state index in [1.807, 2.05) is 47.9 Å². The van der Waals surface area contributed by atoms with Crippen LogP contribution in [0.2, 0.25) is 0 Å². The van der Waals surface area contributed by atoms with Gasteiger partial charge in [-0.15, -0.1) is 0 Å². The molecule has 0 unspecified atom stereocenters. The molecule has 0 aromatic heterocycles. The van der Waals surface area contributed by atoms with Crippen LogP contribution >= 0.6 is 0 Å².